The van der Waals surface area contributed by atoms with Gasteiger partial charge in [-0.2, -0.15) is 0 Å². The van der Waals surface area contributed by atoms with Gasteiger partial charge in [0.1, 0.15) is 5.82 Å². The number of thiazole rings is 1. The SMILES string of the molecule is Cc1nc(CN(C(=O)c2ccc(NC(=O)C(C)C)cc2)c2ccc(F)cc2)cs1. The molecule has 0 aliphatic heterocycles. The number of carbonyl (C=O) groups is 2. The minimum atomic E-state index is -0.365. The van der Waals surface area contributed by atoms with Crippen LogP contribution in [0.25, 0.3) is 0 Å². The maximum absolute atomic E-state index is 13.4. The summed E-state index contributed by atoms with van der Waals surface area (Å²) >= 11 is 1.51. The van der Waals surface area contributed by atoms with Crippen LogP contribution in [-0.2, 0) is 11.3 Å². The van der Waals surface area contributed by atoms with Gasteiger partial charge in [-0.25, -0.2) is 9.37 Å². The van der Waals surface area contributed by atoms with Crippen LogP contribution in [0, 0.1) is 18.7 Å². The van der Waals surface area contributed by atoms with Gasteiger partial charge in [0.2, 0.25) is 5.91 Å². The molecule has 0 saturated heterocycles. The maximum atomic E-state index is 13.4. The van der Waals surface area contributed by atoms with E-state index in [9.17, 15) is 14.0 Å². The van der Waals surface area contributed by atoms with Crippen LogP contribution in [0.15, 0.2) is 53.9 Å². The summed E-state index contributed by atoms with van der Waals surface area (Å²) in [5.41, 5.74) is 2.44. The van der Waals surface area contributed by atoms with Crippen LogP contribution < -0.4 is 10.2 Å². The molecule has 0 atom stereocenters. The van der Waals surface area contributed by atoms with Crippen molar-refractivity contribution >= 4 is 34.5 Å². The van der Waals surface area contributed by atoms with Crippen molar-refractivity contribution in [2.75, 3.05) is 10.2 Å². The van der Waals surface area contributed by atoms with E-state index in [-0.39, 0.29) is 30.1 Å². The highest BCUT2D eigenvalue weighted by Gasteiger charge is 2.20. The fourth-order valence-electron chi connectivity index (χ4n) is 2.68. The zero-order valence-corrected chi connectivity index (χ0v) is 17.3. The third-order valence-electron chi connectivity index (χ3n) is 4.29. The Labute approximate surface area is 173 Å². The van der Waals surface area contributed by atoms with E-state index in [1.807, 2.05) is 26.2 Å². The number of hydrogen-bond donors (Lipinski definition) is 1. The van der Waals surface area contributed by atoms with E-state index >= 15 is 0 Å². The van der Waals surface area contributed by atoms with Crippen LogP contribution in [0.5, 0.6) is 0 Å². The standard InChI is InChI=1S/C22H22FN3O2S/c1-14(2)21(27)25-18-8-4-16(5-9-18)22(28)26(12-19-13-29-15(3)24-19)20-10-6-17(23)7-11-20/h4-11,13-14H,12H2,1-3H3,(H,25,27). The van der Waals surface area contributed by atoms with Gasteiger partial charge in [0.25, 0.3) is 5.91 Å². The molecule has 150 valence electrons. The third kappa shape index (κ3) is 5.26. The van der Waals surface area contributed by atoms with E-state index in [0.29, 0.717) is 16.9 Å². The van der Waals surface area contributed by atoms with E-state index in [4.69, 9.17) is 0 Å². The van der Waals surface area contributed by atoms with Crippen LogP contribution >= 0.6 is 11.3 Å². The molecule has 0 aliphatic carbocycles. The lowest BCUT2D eigenvalue weighted by molar-refractivity contribution is -0.118. The number of amides is 2. The summed E-state index contributed by atoms with van der Waals surface area (Å²) in [7, 11) is 0. The van der Waals surface area contributed by atoms with Gasteiger partial charge in [0, 0.05) is 28.2 Å². The molecule has 0 fully saturated rings. The number of carbonyl (C=O) groups excluding carboxylic acids is 2. The second-order valence-corrected chi connectivity index (χ2v) is 8.01. The van der Waals surface area contributed by atoms with Gasteiger partial charge >= 0.3 is 0 Å². The van der Waals surface area contributed by atoms with Gasteiger partial charge in [0.05, 0.1) is 17.2 Å². The van der Waals surface area contributed by atoms with Crippen molar-refractivity contribution in [3.63, 3.8) is 0 Å². The van der Waals surface area contributed by atoms with E-state index in [2.05, 4.69) is 10.3 Å². The number of benzene rings is 2. The monoisotopic (exact) mass is 411 g/mol. The Balaban J connectivity index is 1.85. The zero-order chi connectivity index (χ0) is 21.0. The molecular formula is C22H22FN3O2S. The fraction of sp³-hybridized carbons (Fsp3) is 0.227. The molecule has 0 unspecified atom stereocenters. The Morgan fingerprint density at radius 1 is 1.10 bits per heavy atom. The summed E-state index contributed by atoms with van der Waals surface area (Å²) in [5, 5.41) is 5.62. The first-order valence-electron chi connectivity index (χ1n) is 9.23. The van der Waals surface area contributed by atoms with Crippen molar-refractivity contribution in [1.29, 1.82) is 0 Å². The quantitative estimate of drug-likeness (QED) is 0.619. The maximum Gasteiger partial charge on any atom is 0.258 e. The first-order valence-corrected chi connectivity index (χ1v) is 10.1. The lowest BCUT2D eigenvalue weighted by atomic mass is 10.1. The van der Waals surface area contributed by atoms with E-state index < -0.39 is 0 Å². The van der Waals surface area contributed by atoms with E-state index in [1.54, 1.807) is 41.3 Å². The highest BCUT2D eigenvalue weighted by Crippen LogP contribution is 2.22. The number of aromatic nitrogens is 1. The molecule has 1 heterocycles. The first kappa shape index (κ1) is 20.7. The molecule has 0 bridgehead atoms. The highest BCUT2D eigenvalue weighted by molar-refractivity contribution is 7.09. The normalized spacial score (nSPS) is 10.8. The summed E-state index contributed by atoms with van der Waals surface area (Å²) < 4.78 is 13.4. The van der Waals surface area contributed by atoms with Crippen LogP contribution in [0.1, 0.15) is 34.9 Å². The molecule has 2 aromatic carbocycles. The Bertz CT molecular complexity index is 998. The molecule has 0 aliphatic rings. The van der Waals surface area contributed by atoms with Crippen molar-refractivity contribution in [1.82, 2.24) is 4.98 Å². The average Bonchev–Trinajstić information content (AvgIpc) is 3.12. The third-order valence-corrected chi connectivity index (χ3v) is 5.12. The number of anilines is 2. The highest BCUT2D eigenvalue weighted by atomic mass is 32.1. The number of hydrogen-bond acceptors (Lipinski definition) is 4. The predicted molar refractivity (Wildman–Crippen MR) is 114 cm³/mol. The molecule has 0 radical (unpaired) electrons. The Hall–Kier alpha value is -3.06. The summed E-state index contributed by atoms with van der Waals surface area (Å²) in [6.45, 7) is 5.81. The summed E-state index contributed by atoms with van der Waals surface area (Å²) in [6.07, 6.45) is 0. The Morgan fingerprint density at radius 2 is 1.76 bits per heavy atom. The van der Waals surface area contributed by atoms with Crippen LogP contribution in [0.3, 0.4) is 0 Å². The second kappa shape index (κ2) is 8.96. The molecule has 1 aromatic heterocycles. The first-order chi connectivity index (χ1) is 13.8. The van der Waals surface area contributed by atoms with Crippen molar-refractivity contribution in [2.24, 2.45) is 5.92 Å². The predicted octanol–water partition coefficient (Wildman–Crippen LogP) is 5.03. The van der Waals surface area contributed by atoms with Crippen molar-refractivity contribution in [3.8, 4) is 0 Å². The molecule has 7 heteroatoms. The number of halogens is 1. The Morgan fingerprint density at radius 3 is 2.31 bits per heavy atom. The molecule has 3 aromatic rings. The van der Waals surface area contributed by atoms with Gasteiger partial charge in [-0.3, -0.25) is 9.59 Å². The fourth-order valence-corrected chi connectivity index (χ4v) is 3.29. The largest absolute Gasteiger partial charge is 0.326 e. The lowest BCUT2D eigenvalue weighted by Gasteiger charge is -2.22. The van der Waals surface area contributed by atoms with E-state index in [1.165, 1.54) is 23.5 Å². The van der Waals surface area contributed by atoms with Gasteiger partial charge in [-0.1, -0.05) is 13.8 Å². The van der Waals surface area contributed by atoms with Gasteiger partial charge < -0.3 is 10.2 Å². The number of nitrogens with zero attached hydrogens (tertiary/aromatic N) is 2. The molecule has 2 amide bonds. The smallest absolute Gasteiger partial charge is 0.258 e. The van der Waals surface area contributed by atoms with Crippen molar-refractivity contribution in [2.45, 2.75) is 27.3 Å². The van der Waals surface area contributed by atoms with E-state index in [0.717, 1.165) is 10.7 Å². The van der Waals surface area contributed by atoms with Crippen LogP contribution in [0.4, 0.5) is 15.8 Å². The molecule has 29 heavy (non-hydrogen) atoms. The minimum absolute atomic E-state index is 0.0871. The zero-order valence-electron chi connectivity index (χ0n) is 16.5. The average molecular weight is 412 g/mol. The van der Waals surface area contributed by atoms with Crippen molar-refractivity contribution < 1.29 is 14.0 Å². The number of nitrogens with one attached hydrogen (secondary N) is 1. The molecular weight excluding hydrogens is 389 g/mol. The van der Waals surface area contributed by atoms with Gasteiger partial charge in [0.15, 0.2) is 0 Å². The summed E-state index contributed by atoms with van der Waals surface area (Å²) in [6, 6.07) is 12.5. The van der Waals surface area contributed by atoms with Crippen LogP contribution in [0.2, 0.25) is 0 Å². The number of rotatable bonds is 6. The molecule has 0 saturated carbocycles. The molecule has 1 N–H and O–H groups in total. The van der Waals surface area contributed by atoms with Gasteiger partial charge in [-0.15, -0.1) is 11.3 Å². The number of aryl methyl sites for hydroxylation is 1. The molecule has 5 nitrogen and oxygen atoms in total. The second-order valence-electron chi connectivity index (χ2n) is 6.95. The topological polar surface area (TPSA) is 62.3 Å². The lowest BCUT2D eigenvalue weighted by Crippen LogP contribution is -2.30. The Kier molecular flexibility index (Phi) is 6.39. The van der Waals surface area contributed by atoms with Crippen molar-refractivity contribution in [3.05, 3.63) is 76.0 Å². The molecule has 0 spiro atoms. The summed E-state index contributed by atoms with van der Waals surface area (Å²) in [5.74, 6) is -0.817. The summed E-state index contributed by atoms with van der Waals surface area (Å²) in [4.78, 5) is 31.0. The molecule has 3 rings (SSSR count). The minimum Gasteiger partial charge on any atom is -0.326 e. The van der Waals surface area contributed by atoms with Crippen LogP contribution in [-0.4, -0.2) is 16.8 Å². The van der Waals surface area contributed by atoms with Gasteiger partial charge in [-0.05, 0) is 55.5 Å².